The van der Waals surface area contributed by atoms with Crippen LogP contribution in [0.25, 0.3) is 0 Å². The van der Waals surface area contributed by atoms with E-state index in [1.54, 1.807) is 23.2 Å². The number of nitrogens with zero attached hydrogens (tertiary/aromatic N) is 4. The van der Waals surface area contributed by atoms with Gasteiger partial charge in [0.2, 0.25) is 0 Å². The van der Waals surface area contributed by atoms with E-state index in [1.165, 1.54) is 12.1 Å². The molecule has 6 nitrogen and oxygen atoms in total. The number of aromatic nitrogens is 1. The van der Waals surface area contributed by atoms with E-state index in [1.807, 2.05) is 4.90 Å². The summed E-state index contributed by atoms with van der Waals surface area (Å²) >= 11 is 0. The Morgan fingerprint density at radius 1 is 1.18 bits per heavy atom. The largest absolute Gasteiger partial charge is 0.416 e. The highest BCUT2D eigenvalue weighted by Crippen LogP contribution is 2.29. The standard InChI is InChI=1S/C19H18F3N5O/c20-19(21,22)16-5-1-3-14(11-16)13-25-18(28)27-9-7-26(8-10-27)17-15(12-23)4-2-6-24-17/h1-6,11H,7-10,13H2,(H,25,28). The van der Waals surface area contributed by atoms with Crippen molar-refractivity contribution in [1.29, 1.82) is 5.26 Å². The first kappa shape index (κ1) is 19.5. The average molecular weight is 389 g/mol. The normalized spacial score (nSPS) is 14.5. The van der Waals surface area contributed by atoms with Gasteiger partial charge in [-0.25, -0.2) is 9.78 Å². The van der Waals surface area contributed by atoms with Crippen molar-refractivity contribution >= 4 is 11.8 Å². The molecule has 0 radical (unpaired) electrons. The van der Waals surface area contributed by atoms with Gasteiger partial charge in [0.05, 0.1) is 11.1 Å². The summed E-state index contributed by atoms with van der Waals surface area (Å²) in [6, 6.07) is 10.0. The Balaban J connectivity index is 1.54. The zero-order chi connectivity index (χ0) is 20.1. The third-order valence-electron chi connectivity index (χ3n) is 4.47. The van der Waals surface area contributed by atoms with Gasteiger partial charge in [-0.05, 0) is 29.8 Å². The molecule has 2 heterocycles. The van der Waals surface area contributed by atoms with Crippen molar-refractivity contribution in [2.45, 2.75) is 12.7 Å². The Bertz CT molecular complexity index is 886. The van der Waals surface area contributed by atoms with E-state index in [0.29, 0.717) is 43.1 Å². The summed E-state index contributed by atoms with van der Waals surface area (Å²) in [5, 5.41) is 11.8. The van der Waals surface area contributed by atoms with E-state index >= 15 is 0 Å². The molecule has 0 saturated carbocycles. The predicted molar refractivity (Wildman–Crippen MR) is 96.4 cm³/mol. The van der Waals surface area contributed by atoms with E-state index in [2.05, 4.69) is 16.4 Å². The third-order valence-corrected chi connectivity index (χ3v) is 4.47. The van der Waals surface area contributed by atoms with E-state index in [4.69, 9.17) is 0 Å². The SMILES string of the molecule is N#Cc1cccnc1N1CCN(C(=O)NCc2cccc(C(F)(F)F)c2)CC1. The lowest BCUT2D eigenvalue weighted by molar-refractivity contribution is -0.137. The molecule has 146 valence electrons. The van der Waals surface area contributed by atoms with Crippen molar-refractivity contribution in [3.63, 3.8) is 0 Å². The number of urea groups is 1. The number of alkyl halides is 3. The van der Waals surface area contributed by atoms with Crippen LogP contribution in [0.4, 0.5) is 23.8 Å². The number of hydrogen-bond donors (Lipinski definition) is 1. The van der Waals surface area contributed by atoms with Gasteiger partial charge >= 0.3 is 12.2 Å². The van der Waals surface area contributed by atoms with Crippen LogP contribution in [0.1, 0.15) is 16.7 Å². The van der Waals surface area contributed by atoms with Gasteiger partial charge in [0, 0.05) is 38.9 Å². The molecule has 9 heteroatoms. The second-order valence-corrected chi connectivity index (χ2v) is 6.32. The molecule has 1 aliphatic rings. The van der Waals surface area contributed by atoms with E-state index < -0.39 is 11.7 Å². The topological polar surface area (TPSA) is 72.3 Å². The van der Waals surface area contributed by atoms with Gasteiger partial charge in [0.1, 0.15) is 11.9 Å². The molecule has 0 atom stereocenters. The Kier molecular flexibility index (Phi) is 5.68. The third kappa shape index (κ3) is 4.52. The van der Waals surface area contributed by atoms with Crippen LogP contribution < -0.4 is 10.2 Å². The molecule has 0 unspecified atom stereocenters. The highest BCUT2D eigenvalue weighted by atomic mass is 19.4. The van der Waals surface area contributed by atoms with Crippen molar-refractivity contribution in [3.05, 3.63) is 59.3 Å². The van der Waals surface area contributed by atoms with E-state index in [0.717, 1.165) is 12.1 Å². The van der Waals surface area contributed by atoms with Gasteiger partial charge in [0.15, 0.2) is 0 Å². The average Bonchev–Trinajstić information content (AvgIpc) is 2.71. The first-order valence-electron chi connectivity index (χ1n) is 8.67. The summed E-state index contributed by atoms with van der Waals surface area (Å²) < 4.78 is 38.3. The first-order chi connectivity index (χ1) is 13.4. The molecule has 2 aromatic rings. The lowest BCUT2D eigenvalue weighted by Crippen LogP contribution is -2.52. The number of amides is 2. The zero-order valence-corrected chi connectivity index (χ0v) is 14.9. The molecular weight excluding hydrogens is 371 g/mol. The maximum atomic E-state index is 12.8. The lowest BCUT2D eigenvalue weighted by Gasteiger charge is -2.35. The van der Waals surface area contributed by atoms with Gasteiger partial charge in [-0.3, -0.25) is 0 Å². The number of rotatable bonds is 3. The van der Waals surface area contributed by atoms with Crippen LogP contribution in [-0.2, 0) is 12.7 Å². The van der Waals surface area contributed by atoms with Crippen LogP contribution in [0.3, 0.4) is 0 Å². The minimum Gasteiger partial charge on any atom is -0.352 e. The summed E-state index contributed by atoms with van der Waals surface area (Å²) in [4.78, 5) is 20.1. The van der Waals surface area contributed by atoms with Gasteiger partial charge in [-0.1, -0.05) is 12.1 Å². The summed E-state index contributed by atoms with van der Waals surface area (Å²) in [5.74, 6) is 0.592. The summed E-state index contributed by atoms with van der Waals surface area (Å²) in [6.07, 6.45) is -2.80. The number of carbonyl (C=O) groups is 1. The fourth-order valence-corrected chi connectivity index (χ4v) is 3.00. The van der Waals surface area contributed by atoms with E-state index in [-0.39, 0.29) is 12.6 Å². The first-order valence-corrected chi connectivity index (χ1v) is 8.67. The molecule has 0 aliphatic carbocycles. The molecular formula is C19H18F3N5O. The maximum Gasteiger partial charge on any atom is 0.416 e. The molecule has 1 saturated heterocycles. The highest BCUT2D eigenvalue weighted by Gasteiger charge is 2.30. The molecule has 1 aromatic carbocycles. The second kappa shape index (κ2) is 8.17. The predicted octanol–water partition coefficient (Wildman–Crippen LogP) is 3.00. The van der Waals surface area contributed by atoms with Crippen LogP contribution in [0.5, 0.6) is 0 Å². The number of carbonyl (C=O) groups excluding carboxylic acids is 1. The van der Waals surface area contributed by atoms with Crippen molar-refractivity contribution in [2.75, 3.05) is 31.1 Å². The maximum absolute atomic E-state index is 12.8. The second-order valence-electron chi connectivity index (χ2n) is 6.32. The molecule has 1 aliphatic heterocycles. The van der Waals surface area contributed by atoms with Gasteiger partial charge in [-0.15, -0.1) is 0 Å². The number of pyridine rings is 1. The monoisotopic (exact) mass is 389 g/mol. The van der Waals surface area contributed by atoms with Crippen molar-refractivity contribution in [3.8, 4) is 6.07 Å². The highest BCUT2D eigenvalue weighted by molar-refractivity contribution is 5.74. The molecule has 2 amide bonds. The molecule has 1 fully saturated rings. The van der Waals surface area contributed by atoms with Crippen LogP contribution in [0, 0.1) is 11.3 Å². The molecule has 0 bridgehead atoms. The van der Waals surface area contributed by atoms with Crippen molar-refractivity contribution in [2.24, 2.45) is 0 Å². The Morgan fingerprint density at radius 2 is 1.93 bits per heavy atom. The molecule has 0 spiro atoms. The molecule has 28 heavy (non-hydrogen) atoms. The van der Waals surface area contributed by atoms with Crippen molar-refractivity contribution < 1.29 is 18.0 Å². The Labute approximate surface area is 160 Å². The number of anilines is 1. The van der Waals surface area contributed by atoms with Gasteiger partial charge < -0.3 is 15.1 Å². The van der Waals surface area contributed by atoms with Crippen LogP contribution in [0.15, 0.2) is 42.6 Å². The minimum atomic E-state index is -4.41. The number of nitriles is 1. The number of hydrogen-bond acceptors (Lipinski definition) is 4. The summed E-state index contributed by atoms with van der Waals surface area (Å²) in [6.45, 7) is 1.90. The lowest BCUT2D eigenvalue weighted by atomic mass is 10.1. The smallest absolute Gasteiger partial charge is 0.352 e. The Morgan fingerprint density at radius 3 is 2.61 bits per heavy atom. The summed E-state index contributed by atoms with van der Waals surface area (Å²) in [5.41, 5.74) is 0.121. The van der Waals surface area contributed by atoms with Crippen molar-refractivity contribution in [1.82, 2.24) is 15.2 Å². The van der Waals surface area contributed by atoms with Gasteiger partial charge in [-0.2, -0.15) is 18.4 Å². The van der Waals surface area contributed by atoms with Crippen LogP contribution in [-0.4, -0.2) is 42.1 Å². The zero-order valence-electron chi connectivity index (χ0n) is 14.9. The number of nitrogens with one attached hydrogen (secondary N) is 1. The fraction of sp³-hybridized carbons (Fsp3) is 0.316. The van der Waals surface area contributed by atoms with E-state index in [9.17, 15) is 23.2 Å². The fourth-order valence-electron chi connectivity index (χ4n) is 3.00. The number of piperazine rings is 1. The quantitative estimate of drug-likeness (QED) is 0.876. The molecule has 3 rings (SSSR count). The molecule has 1 aromatic heterocycles. The number of benzene rings is 1. The van der Waals surface area contributed by atoms with Crippen LogP contribution in [0.2, 0.25) is 0 Å². The minimum absolute atomic E-state index is 0.0157. The Hall–Kier alpha value is -3.28. The number of halogens is 3. The van der Waals surface area contributed by atoms with Gasteiger partial charge in [0.25, 0.3) is 0 Å². The summed E-state index contributed by atoms with van der Waals surface area (Å²) in [7, 11) is 0. The van der Waals surface area contributed by atoms with Crippen LogP contribution >= 0.6 is 0 Å². The molecule has 1 N–H and O–H groups in total.